The van der Waals surface area contributed by atoms with E-state index in [0.717, 1.165) is 16.7 Å². The van der Waals surface area contributed by atoms with Crippen LogP contribution in [-0.4, -0.2) is 13.0 Å². The molecule has 3 aromatic rings. The zero-order chi connectivity index (χ0) is 16.9. The minimum atomic E-state index is -0.583. The molecule has 0 aliphatic rings. The Morgan fingerprint density at radius 1 is 1.12 bits per heavy atom. The number of carbonyl (C=O) groups excluding carboxylic acids is 1. The Balaban J connectivity index is 1.75. The smallest absolute Gasteiger partial charge is 0.360 e. The number of hydrogen-bond acceptors (Lipinski definition) is 4. The average molecular weight is 321 g/mol. The first-order valence-electron chi connectivity index (χ1n) is 7.32. The van der Waals surface area contributed by atoms with Crippen LogP contribution in [0.2, 0.25) is 0 Å². The van der Waals surface area contributed by atoms with Gasteiger partial charge in [-0.3, -0.25) is 4.79 Å². The van der Waals surface area contributed by atoms with Crippen LogP contribution in [0, 0.1) is 0 Å². The molecule has 2 aromatic carbocycles. The van der Waals surface area contributed by atoms with E-state index in [0.29, 0.717) is 5.58 Å². The third kappa shape index (κ3) is 3.52. The van der Waals surface area contributed by atoms with Gasteiger partial charge in [-0.2, -0.15) is 0 Å². The Bertz CT molecular complexity index is 955. The van der Waals surface area contributed by atoms with Crippen LogP contribution in [0.5, 0.6) is 5.75 Å². The van der Waals surface area contributed by atoms with E-state index < -0.39 is 11.5 Å². The van der Waals surface area contributed by atoms with Crippen molar-refractivity contribution >= 4 is 28.6 Å². The molecule has 0 bridgehead atoms. The molecule has 1 heterocycles. The lowest BCUT2D eigenvalue weighted by Crippen LogP contribution is -2.15. The summed E-state index contributed by atoms with van der Waals surface area (Å²) in [5, 5.41) is 3.28. The lowest BCUT2D eigenvalue weighted by atomic mass is 10.2. The molecule has 0 unspecified atom stereocenters. The van der Waals surface area contributed by atoms with E-state index in [4.69, 9.17) is 9.15 Å². The van der Waals surface area contributed by atoms with Crippen LogP contribution in [0.1, 0.15) is 5.56 Å². The number of benzene rings is 2. The number of rotatable bonds is 4. The first-order valence-corrected chi connectivity index (χ1v) is 7.32. The minimum Gasteiger partial charge on any atom is -0.497 e. The normalized spacial score (nSPS) is 10.9. The van der Waals surface area contributed by atoms with E-state index in [1.807, 2.05) is 18.2 Å². The zero-order valence-corrected chi connectivity index (χ0v) is 13.0. The number of methoxy groups -OCH3 is 1. The van der Waals surface area contributed by atoms with Gasteiger partial charge in [-0.05, 0) is 35.9 Å². The topological polar surface area (TPSA) is 68.5 Å². The average Bonchev–Trinajstić information content (AvgIpc) is 2.61. The van der Waals surface area contributed by atoms with Crippen molar-refractivity contribution in [3.05, 3.63) is 76.7 Å². The number of fused-ring (bicyclic) bond motifs is 1. The molecule has 3 rings (SSSR count). The maximum Gasteiger partial charge on any atom is 0.360 e. The van der Waals surface area contributed by atoms with Crippen molar-refractivity contribution in [2.75, 3.05) is 12.4 Å². The summed E-state index contributed by atoms with van der Waals surface area (Å²) < 4.78 is 10.2. The van der Waals surface area contributed by atoms with Gasteiger partial charge in [0.1, 0.15) is 17.0 Å². The zero-order valence-electron chi connectivity index (χ0n) is 13.0. The van der Waals surface area contributed by atoms with Crippen LogP contribution in [0.15, 0.2) is 69.9 Å². The summed E-state index contributed by atoms with van der Waals surface area (Å²) in [5.74, 6) is 0.332. The van der Waals surface area contributed by atoms with Crippen LogP contribution in [0.4, 0.5) is 5.69 Å². The van der Waals surface area contributed by atoms with Crippen molar-refractivity contribution in [1.82, 2.24) is 0 Å². The van der Waals surface area contributed by atoms with Crippen molar-refractivity contribution in [2.24, 2.45) is 0 Å². The predicted octanol–water partition coefficient (Wildman–Crippen LogP) is 3.45. The number of carbonyl (C=O) groups is 1. The molecular weight excluding hydrogens is 306 g/mol. The third-order valence-corrected chi connectivity index (χ3v) is 3.44. The second kappa shape index (κ2) is 6.83. The fraction of sp³-hybridized carbons (Fsp3) is 0.0526. The lowest BCUT2D eigenvalue weighted by molar-refractivity contribution is -0.111. The summed E-state index contributed by atoms with van der Waals surface area (Å²) in [5.41, 5.74) is 0.851. The van der Waals surface area contributed by atoms with Crippen molar-refractivity contribution in [2.45, 2.75) is 0 Å². The Hall–Kier alpha value is -3.34. The van der Waals surface area contributed by atoms with Gasteiger partial charge >= 0.3 is 5.63 Å². The van der Waals surface area contributed by atoms with E-state index in [-0.39, 0.29) is 5.69 Å². The Kier molecular flexibility index (Phi) is 4.43. The maximum absolute atomic E-state index is 12.0. The van der Waals surface area contributed by atoms with Gasteiger partial charge in [0.25, 0.3) is 0 Å². The molecule has 0 aliphatic carbocycles. The summed E-state index contributed by atoms with van der Waals surface area (Å²) in [7, 11) is 1.59. The van der Waals surface area contributed by atoms with Crippen molar-refractivity contribution < 1.29 is 13.9 Å². The standard InChI is InChI=1S/C19H15NO4/c1-23-15-9-6-13(7-10-15)8-11-18(21)20-16-12-14-4-2-3-5-17(14)24-19(16)22/h2-12H,1H3,(H,20,21). The van der Waals surface area contributed by atoms with E-state index in [1.165, 1.54) is 6.08 Å². The first kappa shape index (κ1) is 15.6. The van der Waals surface area contributed by atoms with Crippen molar-refractivity contribution in [3.63, 3.8) is 0 Å². The molecule has 1 amide bonds. The number of ether oxygens (including phenoxy) is 1. The molecule has 5 heteroatoms. The quantitative estimate of drug-likeness (QED) is 0.590. The largest absolute Gasteiger partial charge is 0.497 e. The Morgan fingerprint density at radius 3 is 2.62 bits per heavy atom. The molecule has 0 saturated carbocycles. The van der Waals surface area contributed by atoms with Gasteiger partial charge in [-0.25, -0.2) is 4.79 Å². The highest BCUT2D eigenvalue weighted by Gasteiger charge is 2.07. The molecule has 1 N–H and O–H groups in total. The molecule has 24 heavy (non-hydrogen) atoms. The lowest BCUT2D eigenvalue weighted by Gasteiger charge is -2.02. The Morgan fingerprint density at radius 2 is 1.88 bits per heavy atom. The van der Waals surface area contributed by atoms with E-state index >= 15 is 0 Å². The second-order valence-corrected chi connectivity index (χ2v) is 5.08. The van der Waals surface area contributed by atoms with Gasteiger partial charge in [0.15, 0.2) is 0 Å². The molecular formula is C19H15NO4. The second-order valence-electron chi connectivity index (χ2n) is 5.08. The molecule has 120 valence electrons. The fourth-order valence-corrected chi connectivity index (χ4v) is 2.21. The summed E-state index contributed by atoms with van der Waals surface area (Å²) in [6.07, 6.45) is 3.01. The molecule has 1 aromatic heterocycles. The molecule has 0 saturated heterocycles. The van der Waals surface area contributed by atoms with Crippen LogP contribution in [0.3, 0.4) is 0 Å². The highest BCUT2D eigenvalue weighted by Crippen LogP contribution is 2.15. The maximum atomic E-state index is 12.0. The van der Waals surface area contributed by atoms with Crippen LogP contribution >= 0.6 is 0 Å². The monoisotopic (exact) mass is 321 g/mol. The Labute approximate surface area is 138 Å². The highest BCUT2D eigenvalue weighted by molar-refractivity contribution is 6.02. The summed E-state index contributed by atoms with van der Waals surface area (Å²) >= 11 is 0. The minimum absolute atomic E-state index is 0.109. The highest BCUT2D eigenvalue weighted by atomic mass is 16.5. The molecule has 5 nitrogen and oxygen atoms in total. The van der Waals surface area contributed by atoms with Gasteiger partial charge < -0.3 is 14.5 Å². The van der Waals surface area contributed by atoms with Gasteiger partial charge in [0, 0.05) is 11.5 Å². The van der Waals surface area contributed by atoms with Gasteiger partial charge in [0.2, 0.25) is 5.91 Å². The number of hydrogen-bond donors (Lipinski definition) is 1. The van der Waals surface area contributed by atoms with E-state index in [1.54, 1.807) is 49.6 Å². The van der Waals surface area contributed by atoms with Gasteiger partial charge in [0.05, 0.1) is 7.11 Å². The van der Waals surface area contributed by atoms with Gasteiger partial charge in [-0.1, -0.05) is 30.3 Å². The van der Waals surface area contributed by atoms with Crippen LogP contribution in [-0.2, 0) is 4.79 Å². The number of amides is 1. The molecule has 0 radical (unpaired) electrons. The fourth-order valence-electron chi connectivity index (χ4n) is 2.21. The molecule has 0 atom stereocenters. The number of anilines is 1. The predicted molar refractivity (Wildman–Crippen MR) is 93.1 cm³/mol. The first-order chi connectivity index (χ1) is 11.7. The SMILES string of the molecule is COc1ccc(C=CC(=O)Nc2cc3ccccc3oc2=O)cc1. The van der Waals surface area contributed by atoms with Crippen molar-refractivity contribution in [3.8, 4) is 5.75 Å². The summed E-state index contributed by atoms with van der Waals surface area (Å²) in [6.45, 7) is 0. The van der Waals surface area contributed by atoms with Crippen LogP contribution < -0.4 is 15.7 Å². The number of para-hydroxylation sites is 1. The van der Waals surface area contributed by atoms with E-state index in [2.05, 4.69) is 5.32 Å². The molecule has 0 fully saturated rings. The van der Waals surface area contributed by atoms with Gasteiger partial charge in [-0.15, -0.1) is 0 Å². The van der Waals surface area contributed by atoms with Crippen molar-refractivity contribution in [1.29, 1.82) is 0 Å². The third-order valence-electron chi connectivity index (χ3n) is 3.44. The summed E-state index contributed by atoms with van der Waals surface area (Å²) in [6, 6.07) is 16.0. The number of nitrogens with one attached hydrogen (secondary N) is 1. The molecule has 0 spiro atoms. The van der Waals surface area contributed by atoms with Crippen LogP contribution in [0.25, 0.3) is 17.0 Å². The summed E-state index contributed by atoms with van der Waals surface area (Å²) in [4.78, 5) is 23.9. The molecule has 0 aliphatic heterocycles. The van der Waals surface area contributed by atoms with E-state index in [9.17, 15) is 9.59 Å².